The average Bonchev–Trinajstić information content (AvgIpc) is 2.12. The van der Waals surface area contributed by atoms with Crippen LogP contribution < -0.4 is 5.32 Å². The molecule has 0 rings (SSSR count). The Morgan fingerprint density at radius 2 is 1.93 bits per heavy atom. The molecule has 15 heavy (non-hydrogen) atoms. The second-order valence-electron chi connectivity index (χ2n) is 3.86. The van der Waals surface area contributed by atoms with Crippen molar-refractivity contribution in [2.24, 2.45) is 5.92 Å². The Labute approximate surface area is 94.8 Å². The minimum Gasteiger partial charge on any atom is -0.480 e. The monoisotopic (exact) mass is 233 g/mol. The molecule has 0 aromatic carbocycles. The molecular weight excluding hydrogens is 214 g/mol. The van der Waals surface area contributed by atoms with Gasteiger partial charge in [-0.15, -0.1) is 0 Å². The molecule has 0 fully saturated rings. The number of aliphatic carboxylic acids is 1. The summed E-state index contributed by atoms with van der Waals surface area (Å²) in [6.07, 6.45) is 1.08. The first kappa shape index (κ1) is 14.3. The Bertz CT molecular complexity index is 219. The maximum absolute atomic E-state index is 11.2. The molecule has 0 spiro atoms. The van der Waals surface area contributed by atoms with Crippen LogP contribution >= 0.6 is 11.8 Å². The topological polar surface area (TPSA) is 66.4 Å². The van der Waals surface area contributed by atoms with E-state index in [1.807, 2.05) is 0 Å². The number of hydrogen-bond acceptors (Lipinski definition) is 3. The van der Waals surface area contributed by atoms with E-state index in [9.17, 15) is 9.59 Å². The van der Waals surface area contributed by atoms with Crippen LogP contribution in [0, 0.1) is 5.92 Å². The summed E-state index contributed by atoms with van der Waals surface area (Å²) in [4.78, 5) is 21.6. The lowest BCUT2D eigenvalue weighted by Crippen LogP contribution is -2.39. The lowest BCUT2D eigenvalue weighted by atomic mass is 10.2. The first-order chi connectivity index (χ1) is 6.93. The van der Waals surface area contributed by atoms with Crippen molar-refractivity contribution in [3.8, 4) is 0 Å². The normalized spacial score (nSPS) is 12.5. The Hall–Kier alpha value is -0.710. The van der Waals surface area contributed by atoms with Crippen LogP contribution in [-0.2, 0) is 9.59 Å². The van der Waals surface area contributed by atoms with Gasteiger partial charge in [-0.1, -0.05) is 13.8 Å². The van der Waals surface area contributed by atoms with Crippen LogP contribution in [0.25, 0.3) is 0 Å². The summed E-state index contributed by atoms with van der Waals surface area (Å²) in [7, 11) is 0. The van der Waals surface area contributed by atoms with E-state index in [4.69, 9.17) is 5.11 Å². The Morgan fingerprint density at radius 1 is 1.33 bits per heavy atom. The number of nitrogens with one attached hydrogen (secondary N) is 1. The molecule has 0 bridgehead atoms. The smallest absolute Gasteiger partial charge is 0.325 e. The van der Waals surface area contributed by atoms with Crippen molar-refractivity contribution in [3.05, 3.63) is 0 Å². The van der Waals surface area contributed by atoms with Crippen molar-refractivity contribution in [2.75, 3.05) is 11.5 Å². The summed E-state index contributed by atoms with van der Waals surface area (Å²) in [5, 5.41) is 11.0. The van der Waals surface area contributed by atoms with Crippen LogP contribution in [0.1, 0.15) is 27.2 Å². The van der Waals surface area contributed by atoms with Gasteiger partial charge in [0.1, 0.15) is 6.04 Å². The van der Waals surface area contributed by atoms with Crippen molar-refractivity contribution in [1.29, 1.82) is 0 Å². The predicted octanol–water partition coefficient (Wildman–Crippen LogP) is 1.35. The van der Waals surface area contributed by atoms with Gasteiger partial charge in [0, 0.05) is 0 Å². The zero-order valence-electron chi connectivity index (χ0n) is 9.45. The van der Waals surface area contributed by atoms with Gasteiger partial charge in [0.25, 0.3) is 0 Å². The van der Waals surface area contributed by atoms with Crippen LogP contribution in [0.4, 0.5) is 0 Å². The van der Waals surface area contributed by atoms with Crippen molar-refractivity contribution in [3.63, 3.8) is 0 Å². The molecule has 88 valence electrons. The minimum atomic E-state index is -1.00. The first-order valence-electron chi connectivity index (χ1n) is 5.03. The molecule has 1 atom stereocenters. The van der Waals surface area contributed by atoms with Gasteiger partial charge in [-0.2, -0.15) is 11.8 Å². The van der Waals surface area contributed by atoms with E-state index in [1.54, 1.807) is 0 Å². The molecule has 0 saturated heterocycles. The average molecular weight is 233 g/mol. The van der Waals surface area contributed by atoms with E-state index in [0.29, 0.717) is 11.7 Å². The van der Waals surface area contributed by atoms with Gasteiger partial charge in [0.15, 0.2) is 0 Å². The lowest BCUT2D eigenvalue weighted by molar-refractivity contribution is -0.140. The molecule has 0 aromatic rings. The second kappa shape index (κ2) is 7.56. The molecule has 0 aliphatic heterocycles. The van der Waals surface area contributed by atoms with Crippen LogP contribution in [0.3, 0.4) is 0 Å². The van der Waals surface area contributed by atoms with Crippen molar-refractivity contribution >= 4 is 23.6 Å². The summed E-state index contributed by atoms with van der Waals surface area (Å²) in [5.74, 6) is 0.698. The number of thioether (sulfide) groups is 1. The molecular formula is C10H19NO3S. The highest BCUT2D eigenvalue weighted by Crippen LogP contribution is 2.08. The van der Waals surface area contributed by atoms with Gasteiger partial charge < -0.3 is 10.4 Å². The predicted molar refractivity (Wildman–Crippen MR) is 62.0 cm³/mol. The number of rotatable bonds is 7. The lowest BCUT2D eigenvalue weighted by Gasteiger charge is -2.09. The van der Waals surface area contributed by atoms with E-state index in [-0.39, 0.29) is 5.91 Å². The van der Waals surface area contributed by atoms with E-state index in [0.717, 1.165) is 12.2 Å². The van der Waals surface area contributed by atoms with Crippen molar-refractivity contribution in [1.82, 2.24) is 5.32 Å². The highest BCUT2D eigenvalue weighted by Gasteiger charge is 2.13. The number of amides is 1. The quantitative estimate of drug-likeness (QED) is 0.651. The van der Waals surface area contributed by atoms with Gasteiger partial charge in [0.2, 0.25) is 5.91 Å². The molecule has 1 amide bonds. The maximum atomic E-state index is 11.2. The minimum absolute atomic E-state index is 0.210. The van der Waals surface area contributed by atoms with Gasteiger partial charge in [-0.3, -0.25) is 9.59 Å². The molecule has 0 saturated carbocycles. The Kier molecular flexibility index (Phi) is 7.21. The molecule has 0 heterocycles. The van der Waals surface area contributed by atoms with Crippen molar-refractivity contribution < 1.29 is 14.7 Å². The Morgan fingerprint density at radius 3 is 2.40 bits per heavy atom. The molecule has 0 radical (unpaired) electrons. The summed E-state index contributed by atoms with van der Waals surface area (Å²) in [5.41, 5.74) is 0. The summed E-state index contributed by atoms with van der Waals surface area (Å²) >= 11 is 1.54. The highest BCUT2D eigenvalue weighted by atomic mass is 32.2. The zero-order chi connectivity index (χ0) is 11.8. The molecule has 2 N–H and O–H groups in total. The first-order valence-corrected chi connectivity index (χ1v) is 6.19. The standard InChI is InChI=1S/C10H19NO3S/c1-7(2)4-5-15-6-9(12)11-8(3)10(13)14/h7-8H,4-6H2,1-3H3,(H,11,12)(H,13,14). The van der Waals surface area contributed by atoms with Gasteiger partial charge in [-0.25, -0.2) is 0 Å². The molecule has 0 aliphatic carbocycles. The van der Waals surface area contributed by atoms with E-state index >= 15 is 0 Å². The largest absolute Gasteiger partial charge is 0.480 e. The maximum Gasteiger partial charge on any atom is 0.325 e. The van der Waals surface area contributed by atoms with Gasteiger partial charge in [-0.05, 0) is 25.0 Å². The van der Waals surface area contributed by atoms with Crippen LogP contribution in [0.15, 0.2) is 0 Å². The number of hydrogen-bond donors (Lipinski definition) is 2. The third-order valence-corrected chi connectivity index (χ3v) is 2.81. The molecule has 1 unspecified atom stereocenters. The third-order valence-electron chi connectivity index (χ3n) is 1.82. The Balaban J connectivity index is 3.54. The number of carboxylic acid groups (broad SMARTS) is 1. The van der Waals surface area contributed by atoms with Crippen LogP contribution in [0.5, 0.6) is 0 Å². The fraction of sp³-hybridized carbons (Fsp3) is 0.800. The number of carbonyl (C=O) groups excluding carboxylic acids is 1. The SMILES string of the molecule is CC(C)CCSCC(=O)NC(C)C(=O)O. The van der Waals surface area contributed by atoms with Gasteiger partial charge in [0.05, 0.1) is 5.75 Å². The fourth-order valence-corrected chi connectivity index (χ4v) is 1.88. The zero-order valence-corrected chi connectivity index (χ0v) is 10.3. The second-order valence-corrected chi connectivity index (χ2v) is 4.97. The number of carboxylic acids is 1. The molecule has 0 aromatic heterocycles. The summed E-state index contributed by atoms with van der Waals surface area (Å²) in [6.45, 7) is 5.72. The van der Waals surface area contributed by atoms with Crippen LogP contribution in [-0.4, -0.2) is 34.5 Å². The summed E-state index contributed by atoms with van der Waals surface area (Å²) in [6, 6.07) is -0.803. The molecule has 5 heteroatoms. The van der Waals surface area contributed by atoms with E-state index in [2.05, 4.69) is 19.2 Å². The van der Waals surface area contributed by atoms with E-state index in [1.165, 1.54) is 18.7 Å². The van der Waals surface area contributed by atoms with Gasteiger partial charge >= 0.3 is 5.97 Å². The number of carbonyl (C=O) groups is 2. The van der Waals surface area contributed by atoms with Crippen LogP contribution in [0.2, 0.25) is 0 Å². The molecule has 4 nitrogen and oxygen atoms in total. The third kappa shape index (κ3) is 8.30. The molecule has 0 aliphatic rings. The van der Waals surface area contributed by atoms with E-state index < -0.39 is 12.0 Å². The van der Waals surface area contributed by atoms with Crippen molar-refractivity contribution in [2.45, 2.75) is 33.2 Å². The summed E-state index contributed by atoms with van der Waals surface area (Å²) < 4.78 is 0. The fourth-order valence-electron chi connectivity index (χ4n) is 0.829. The highest BCUT2D eigenvalue weighted by molar-refractivity contribution is 7.99.